The number of hydrazine groups is 1. The molecule has 0 fully saturated rings. The van der Waals surface area contributed by atoms with E-state index in [0.717, 1.165) is 10.4 Å². The van der Waals surface area contributed by atoms with Gasteiger partial charge in [0.25, 0.3) is 5.91 Å². The predicted molar refractivity (Wildman–Crippen MR) is 165 cm³/mol. The van der Waals surface area contributed by atoms with Crippen molar-refractivity contribution in [3.63, 3.8) is 0 Å². The molecule has 1 aliphatic rings. The summed E-state index contributed by atoms with van der Waals surface area (Å²) in [6, 6.07) is 18.7. The lowest BCUT2D eigenvalue weighted by atomic mass is 10.1. The molecule has 41 heavy (non-hydrogen) atoms. The molecule has 208 valence electrons. The number of nitrogens with one attached hydrogen (secondary N) is 1. The van der Waals surface area contributed by atoms with Crippen molar-refractivity contribution in [3.8, 4) is 27.7 Å². The third-order valence-electron chi connectivity index (χ3n) is 5.84. The molecule has 9 nitrogen and oxygen atoms in total. The van der Waals surface area contributed by atoms with Gasteiger partial charge in [-0.2, -0.15) is 0 Å². The molecule has 1 aliphatic heterocycles. The number of amidine groups is 1. The van der Waals surface area contributed by atoms with Crippen LogP contribution in [-0.4, -0.2) is 36.9 Å². The van der Waals surface area contributed by atoms with E-state index >= 15 is 0 Å². The molecule has 0 aliphatic carbocycles. The highest BCUT2D eigenvalue weighted by Gasteiger charge is 2.30. The normalized spacial score (nSPS) is 14.0. The summed E-state index contributed by atoms with van der Waals surface area (Å²) in [5, 5.41) is 2.05. The number of rotatable bonds is 7. The number of ether oxygens (including phenoxy) is 3. The standard InChI is InChI=1S/C29H22Br2N4O5S/c1-16(36)40-26-19(11-20(30)14-21(26)31)12-22-28(37)34-35(29-32-15-25(41-29)17-7-5-4-6-8-17)27(33-22)18-9-10-23(38-2)24(13-18)39-3/h4-15H,1-3H3,(H,34,37)/b22-12-. The first-order valence-corrected chi connectivity index (χ1v) is 14.5. The molecule has 3 aromatic carbocycles. The Bertz CT molecular complexity index is 1700. The molecule has 5 rings (SSSR count). The minimum Gasteiger partial charge on any atom is -0.493 e. The smallest absolute Gasteiger partial charge is 0.308 e. The Kier molecular flexibility index (Phi) is 8.52. The molecule has 0 spiro atoms. The zero-order valence-corrected chi connectivity index (χ0v) is 26.0. The topological polar surface area (TPSA) is 102 Å². The number of thiazole rings is 1. The van der Waals surface area contributed by atoms with Crippen molar-refractivity contribution in [3.05, 3.63) is 92.6 Å². The van der Waals surface area contributed by atoms with Crippen molar-refractivity contribution < 1.29 is 23.8 Å². The van der Waals surface area contributed by atoms with Crippen LogP contribution < -0.4 is 24.6 Å². The first-order chi connectivity index (χ1) is 19.8. The van der Waals surface area contributed by atoms with E-state index in [1.807, 2.05) is 36.4 Å². The fourth-order valence-corrected chi connectivity index (χ4v) is 6.25. The van der Waals surface area contributed by atoms with Gasteiger partial charge in [-0.3, -0.25) is 15.0 Å². The summed E-state index contributed by atoms with van der Waals surface area (Å²) < 4.78 is 17.6. The van der Waals surface area contributed by atoms with Crippen LogP contribution in [0.25, 0.3) is 16.5 Å². The number of hydrogen-bond acceptors (Lipinski definition) is 9. The van der Waals surface area contributed by atoms with Gasteiger partial charge in [0.05, 0.1) is 23.6 Å². The monoisotopic (exact) mass is 696 g/mol. The zero-order chi connectivity index (χ0) is 29.1. The van der Waals surface area contributed by atoms with Crippen molar-refractivity contribution in [2.45, 2.75) is 6.92 Å². The summed E-state index contributed by atoms with van der Waals surface area (Å²) in [5.74, 6) is 0.722. The second-order valence-electron chi connectivity index (χ2n) is 8.58. The van der Waals surface area contributed by atoms with E-state index in [-0.39, 0.29) is 11.4 Å². The molecule has 4 aromatic rings. The van der Waals surface area contributed by atoms with Crippen LogP contribution in [0.2, 0.25) is 0 Å². The Labute approximate surface area is 256 Å². The van der Waals surface area contributed by atoms with Crippen LogP contribution >= 0.6 is 43.2 Å². The fourth-order valence-electron chi connectivity index (χ4n) is 4.02. The van der Waals surface area contributed by atoms with Gasteiger partial charge in [0.15, 0.2) is 23.1 Å². The summed E-state index contributed by atoms with van der Waals surface area (Å²) in [7, 11) is 3.10. The summed E-state index contributed by atoms with van der Waals surface area (Å²) in [6.07, 6.45) is 3.31. The fraction of sp³-hybridized carbons (Fsp3) is 0.103. The molecule has 0 radical (unpaired) electrons. The van der Waals surface area contributed by atoms with Crippen molar-refractivity contribution in [2.75, 3.05) is 19.2 Å². The predicted octanol–water partition coefficient (Wildman–Crippen LogP) is 6.62. The van der Waals surface area contributed by atoms with Gasteiger partial charge in [-0.15, -0.1) is 0 Å². The maximum absolute atomic E-state index is 13.4. The quantitative estimate of drug-likeness (QED) is 0.132. The van der Waals surface area contributed by atoms with Crippen molar-refractivity contribution in [2.24, 2.45) is 4.99 Å². The number of aliphatic imine (C=N–C) groups is 1. The van der Waals surface area contributed by atoms with Crippen LogP contribution in [0, 0.1) is 0 Å². The number of amides is 1. The van der Waals surface area contributed by atoms with Gasteiger partial charge >= 0.3 is 5.97 Å². The lowest BCUT2D eigenvalue weighted by Gasteiger charge is -2.28. The molecule has 1 aromatic heterocycles. The molecule has 1 amide bonds. The molecule has 0 bridgehead atoms. The maximum Gasteiger partial charge on any atom is 0.308 e. The van der Waals surface area contributed by atoms with Gasteiger partial charge in [-0.25, -0.2) is 15.0 Å². The van der Waals surface area contributed by atoms with Crippen LogP contribution in [0.1, 0.15) is 18.1 Å². The summed E-state index contributed by atoms with van der Waals surface area (Å²) in [6.45, 7) is 1.31. The number of esters is 1. The van der Waals surface area contributed by atoms with Gasteiger partial charge in [0, 0.05) is 28.7 Å². The van der Waals surface area contributed by atoms with Crippen LogP contribution in [0.3, 0.4) is 0 Å². The number of methoxy groups -OCH3 is 2. The zero-order valence-electron chi connectivity index (χ0n) is 22.0. The first-order valence-electron chi connectivity index (χ1n) is 12.1. The van der Waals surface area contributed by atoms with E-state index in [2.05, 4.69) is 42.3 Å². The molecule has 12 heteroatoms. The van der Waals surface area contributed by atoms with Gasteiger partial charge < -0.3 is 14.2 Å². The Hall–Kier alpha value is -4.00. The Morgan fingerprint density at radius 3 is 2.46 bits per heavy atom. The van der Waals surface area contributed by atoms with Gasteiger partial charge in [-0.05, 0) is 57.9 Å². The average Bonchev–Trinajstić information content (AvgIpc) is 3.46. The number of nitrogens with zero attached hydrogens (tertiary/aromatic N) is 3. The van der Waals surface area contributed by atoms with Crippen LogP contribution in [-0.2, 0) is 9.59 Å². The van der Waals surface area contributed by atoms with E-state index < -0.39 is 11.9 Å². The van der Waals surface area contributed by atoms with Gasteiger partial charge in [0.1, 0.15) is 5.70 Å². The number of carbonyl (C=O) groups is 2. The van der Waals surface area contributed by atoms with Crippen LogP contribution in [0.5, 0.6) is 17.2 Å². The number of benzene rings is 3. The number of aromatic nitrogens is 1. The molecular weight excluding hydrogens is 676 g/mol. The van der Waals surface area contributed by atoms with E-state index in [9.17, 15) is 9.59 Å². The largest absolute Gasteiger partial charge is 0.493 e. The van der Waals surface area contributed by atoms with Gasteiger partial charge in [0.2, 0.25) is 5.13 Å². The van der Waals surface area contributed by atoms with E-state index in [0.29, 0.717) is 42.5 Å². The third kappa shape index (κ3) is 6.19. The van der Waals surface area contributed by atoms with Crippen LogP contribution in [0.4, 0.5) is 5.13 Å². The lowest BCUT2D eigenvalue weighted by Crippen LogP contribution is -2.50. The maximum atomic E-state index is 13.4. The number of anilines is 1. The summed E-state index contributed by atoms with van der Waals surface area (Å²) in [5.41, 5.74) is 5.11. The van der Waals surface area contributed by atoms with Crippen LogP contribution in [0.15, 0.2) is 86.5 Å². The third-order valence-corrected chi connectivity index (χ3v) is 7.92. The minimum atomic E-state index is -0.501. The van der Waals surface area contributed by atoms with Crippen molar-refractivity contribution in [1.29, 1.82) is 0 Å². The molecule has 0 atom stereocenters. The summed E-state index contributed by atoms with van der Waals surface area (Å²) in [4.78, 5) is 35.5. The van der Waals surface area contributed by atoms with Gasteiger partial charge in [-0.1, -0.05) is 57.6 Å². The Morgan fingerprint density at radius 2 is 1.76 bits per heavy atom. The van der Waals surface area contributed by atoms with Crippen molar-refractivity contribution >= 4 is 72.1 Å². The second kappa shape index (κ2) is 12.2. The SMILES string of the molecule is COc1ccc(C2=N/C(=C\c3cc(Br)cc(Br)c3OC(C)=O)C(=O)NN2c2ncc(-c3ccccc3)s2)cc1OC. The molecule has 0 unspecified atom stereocenters. The van der Waals surface area contributed by atoms with Crippen molar-refractivity contribution in [1.82, 2.24) is 10.4 Å². The highest BCUT2D eigenvalue weighted by Crippen LogP contribution is 2.37. The molecule has 2 heterocycles. The molecular formula is C29H22Br2N4O5S. The Morgan fingerprint density at radius 1 is 1.00 bits per heavy atom. The molecule has 0 saturated heterocycles. The minimum absolute atomic E-state index is 0.0873. The second-order valence-corrected chi connectivity index (χ2v) is 11.4. The molecule has 1 N–H and O–H groups in total. The number of hydrogen-bond donors (Lipinski definition) is 1. The van der Waals surface area contributed by atoms with E-state index in [1.165, 1.54) is 18.3 Å². The molecule has 0 saturated carbocycles. The summed E-state index contributed by atoms with van der Waals surface area (Å²) >= 11 is 8.29. The first kappa shape index (κ1) is 28.5. The number of halogens is 2. The van der Waals surface area contributed by atoms with E-state index in [4.69, 9.17) is 19.2 Å². The number of carbonyl (C=O) groups excluding carboxylic acids is 2. The highest BCUT2D eigenvalue weighted by atomic mass is 79.9. The van der Waals surface area contributed by atoms with E-state index in [1.54, 1.807) is 55.8 Å². The average molecular weight is 698 g/mol. The Balaban J connectivity index is 1.65. The lowest BCUT2D eigenvalue weighted by molar-refractivity contribution is -0.132. The highest BCUT2D eigenvalue weighted by molar-refractivity contribution is 9.11.